The lowest BCUT2D eigenvalue weighted by molar-refractivity contribution is 0.336. The summed E-state index contributed by atoms with van der Waals surface area (Å²) >= 11 is 9.19. The second kappa shape index (κ2) is 6.04. The van der Waals surface area contributed by atoms with Crippen LogP contribution in [0.2, 0.25) is 0 Å². The first kappa shape index (κ1) is 12.4. The van der Waals surface area contributed by atoms with Crippen LogP contribution in [0.1, 0.15) is 24.3 Å². The van der Waals surface area contributed by atoms with Crippen molar-refractivity contribution in [2.75, 3.05) is 25.5 Å². The zero-order valence-corrected chi connectivity index (χ0v) is 11.7. The average molecular weight is 303 g/mol. The lowest BCUT2D eigenvalue weighted by atomic mass is 9.99. The maximum absolute atomic E-state index is 5.72. The first-order chi connectivity index (χ1) is 7.79. The molecule has 1 atom stereocenters. The van der Waals surface area contributed by atoms with Gasteiger partial charge < -0.3 is 4.90 Å². The van der Waals surface area contributed by atoms with Gasteiger partial charge in [0.15, 0.2) is 0 Å². The molecule has 0 bridgehead atoms. The molecule has 1 aromatic carbocycles. The molecule has 0 N–H and O–H groups in total. The Morgan fingerprint density at radius 2 is 2.06 bits per heavy atom. The Morgan fingerprint density at radius 3 is 2.75 bits per heavy atom. The minimum atomic E-state index is 0.712. The molecule has 1 aliphatic rings. The van der Waals surface area contributed by atoms with Crippen molar-refractivity contribution >= 4 is 27.5 Å². The molecule has 3 heteroatoms. The van der Waals surface area contributed by atoms with Gasteiger partial charge in [-0.2, -0.15) is 0 Å². The van der Waals surface area contributed by atoms with Crippen LogP contribution in [-0.2, 0) is 0 Å². The van der Waals surface area contributed by atoms with Crippen LogP contribution >= 0.6 is 27.5 Å². The van der Waals surface area contributed by atoms with Crippen molar-refractivity contribution in [2.45, 2.75) is 18.8 Å². The number of hydrogen-bond donors (Lipinski definition) is 0. The van der Waals surface area contributed by atoms with Gasteiger partial charge in [-0.15, -0.1) is 11.6 Å². The lowest BCUT2D eigenvalue weighted by Gasteiger charge is -2.15. The number of nitrogens with zero attached hydrogens (tertiary/aromatic N) is 1. The highest BCUT2D eigenvalue weighted by atomic mass is 79.9. The summed E-state index contributed by atoms with van der Waals surface area (Å²) in [6, 6.07) is 8.74. The summed E-state index contributed by atoms with van der Waals surface area (Å²) in [6.45, 7) is 3.56. The summed E-state index contributed by atoms with van der Waals surface area (Å²) in [6.07, 6.45) is 2.39. The van der Waals surface area contributed by atoms with Gasteiger partial charge in [-0.05, 0) is 49.5 Å². The Morgan fingerprint density at radius 1 is 1.31 bits per heavy atom. The fourth-order valence-corrected chi connectivity index (χ4v) is 2.71. The number of halogens is 2. The van der Waals surface area contributed by atoms with Crippen molar-refractivity contribution in [1.82, 2.24) is 4.90 Å². The van der Waals surface area contributed by atoms with Crippen LogP contribution in [0.4, 0.5) is 0 Å². The highest BCUT2D eigenvalue weighted by Gasteiger charge is 2.22. The van der Waals surface area contributed by atoms with Crippen molar-refractivity contribution in [1.29, 1.82) is 0 Å². The second-order valence-corrected chi connectivity index (χ2v) is 5.67. The molecular formula is C13H17BrClN. The third-order valence-corrected chi connectivity index (χ3v) is 4.02. The molecule has 2 rings (SSSR count). The van der Waals surface area contributed by atoms with E-state index in [4.69, 9.17) is 11.6 Å². The number of alkyl halides is 1. The topological polar surface area (TPSA) is 3.24 Å². The molecule has 1 fully saturated rings. The minimum Gasteiger partial charge on any atom is -0.303 e. The van der Waals surface area contributed by atoms with Crippen molar-refractivity contribution in [2.24, 2.45) is 0 Å². The van der Waals surface area contributed by atoms with Crippen molar-refractivity contribution in [3.8, 4) is 0 Å². The molecule has 0 aliphatic carbocycles. The van der Waals surface area contributed by atoms with Gasteiger partial charge in [0.05, 0.1) is 0 Å². The molecule has 16 heavy (non-hydrogen) atoms. The maximum atomic E-state index is 5.72. The van der Waals surface area contributed by atoms with Crippen LogP contribution in [-0.4, -0.2) is 30.4 Å². The molecular weight excluding hydrogens is 286 g/mol. The molecule has 0 radical (unpaired) electrons. The molecule has 88 valence electrons. The van der Waals surface area contributed by atoms with E-state index in [1.165, 1.54) is 25.1 Å². The molecule has 0 saturated carbocycles. The van der Waals surface area contributed by atoms with E-state index >= 15 is 0 Å². The van der Waals surface area contributed by atoms with Gasteiger partial charge in [0, 0.05) is 16.9 Å². The summed E-state index contributed by atoms with van der Waals surface area (Å²) in [4.78, 5) is 2.52. The van der Waals surface area contributed by atoms with Gasteiger partial charge in [-0.25, -0.2) is 0 Å². The Kier molecular flexibility index (Phi) is 4.68. The summed E-state index contributed by atoms with van der Waals surface area (Å²) in [5.41, 5.74) is 1.47. The molecule has 0 spiro atoms. The van der Waals surface area contributed by atoms with Crippen LogP contribution in [0.3, 0.4) is 0 Å². The van der Waals surface area contributed by atoms with E-state index < -0.39 is 0 Å². The predicted molar refractivity (Wildman–Crippen MR) is 73.3 cm³/mol. The second-order valence-electron chi connectivity index (χ2n) is 4.38. The Bertz CT molecular complexity index is 325. The first-order valence-corrected chi connectivity index (χ1v) is 7.16. The van der Waals surface area contributed by atoms with E-state index in [1.54, 1.807) is 0 Å². The standard InChI is InChI=1S/C13H17BrClN/c14-13-4-2-11(3-5-13)12-6-9-16(10-12)8-1-7-15/h2-5,12H,1,6-10H2/t12-/m1/s1. The summed E-state index contributed by atoms with van der Waals surface area (Å²) in [5.74, 6) is 1.49. The average Bonchev–Trinajstić information content (AvgIpc) is 2.76. The number of benzene rings is 1. The monoisotopic (exact) mass is 301 g/mol. The third kappa shape index (κ3) is 3.22. The van der Waals surface area contributed by atoms with Crippen molar-refractivity contribution < 1.29 is 0 Å². The van der Waals surface area contributed by atoms with E-state index in [0.717, 1.165) is 23.3 Å². The molecule has 1 heterocycles. The zero-order valence-electron chi connectivity index (χ0n) is 9.33. The van der Waals surface area contributed by atoms with Crippen LogP contribution in [0, 0.1) is 0 Å². The smallest absolute Gasteiger partial charge is 0.0235 e. The molecule has 1 aliphatic heterocycles. The summed E-state index contributed by atoms with van der Waals surface area (Å²) in [7, 11) is 0. The van der Waals surface area contributed by atoms with Gasteiger partial charge in [-0.1, -0.05) is 28.1 Å². The highest BCUT2D eigenvalue weighted by molar-refractivity contribution is 9.10. The first-order valence-electron chi connectivity index (χ1n) is 5.83. The largest absolute Gasteiger partial charge is 0.303 e. The third-order valence-electron chi connectivity index (χ3n) is 3.22. The fraction of sp³-hybridized carbons (Fsp3) is 0.538. The summed E-state index contributed by atoms with van der Waals surface area (Å²) in [5, 5.41) is 0. The van der Waals surface area contributed by atoms with Crippen LogP contribution in [0.15, 0.2) is 28.7 Å². The van der Waals surface area contributed by atoms with Gasteiger partial charge in [0.1, 0.15) is 0 Å². The Labute approximate surface area is 111 Å². The predicted octanol–water partition coefficient (Wildman–Crippen LogP) is 3.87. The van der Waals surface area contributed by atoms with Gasteiger partial charge >= 0.3 is 0 Å². The van der Waals surface area contributed by atoms with Crippen LogP contribution in [0.25, 0.3) is 0 Å². The highest BCUT2D eigenvalue weighted by Crippen LogP contribution is 2.28. The Hall–Kier alpha value is -0.0500. The molecule has 0 unspecified atom stereocenters. The quantitative estimate of drug-likeness (QED) is 0.763. The van der Waals surface area contributed by atoms with E-state index in [9.17, 15) is 0 Å². The lowest BCUT2D eigenvalue weighted by Crippen LogP contribution is -2.21. The molecule has 1 nitrogen and oxygen atoms in total. The van der Waals surface area contributed by atoms with Gasteiger partial charge in [0.25, 0.3) is 0 Å². The molecule has 1 aromatic rings. The molecule has 0 amide bonds. The van der Waals surface area contributed by atoms with E-state index in [-0.39, 0.29) is 0 Å². The van der Waals surface area contributed by atoms with Crippen molar-refractivity contribution in [3.63, 3.8) is 0 Å². The fourth-order valence-electron chi connectivity index (χ4n) is 2.33. The Balaban J connectivity index is 1.90. The van der Waals surface area contributed by atoms with E-state index in [2.05, 4.69) is 45.1 Å². The van der Waals surface area contributed by atoms with Crippen LogP contribution in [0.5, 0.6) is 0 Å². The van der Waals surface area contributed by atoms with E-state index in [1.807, 2.05) is 0 Å². The normalized spacial score (nSPS) is 21.5. The van der Waals surface area contributed by atoms with Crippen LogP contribution < -0.4 is 0 Å². The SMILES string of the molecule is ClCCCN1CC[C@@H](c2ccc(Br)cc2)C1. The number of likely N-dealkylation sites (tertiary alicyclic amines) is 1. The van der Waals surface area contributed by atoms with E-state index in [0.29, 0.717) is 5.92 Å². The van der Waals surface area contributed by atoms with Gasteiger partial charge in [0.2, 0.25) is 0 Å². The summed E-state index contributed by atoms with van der Waals surface area (Å²) < 4.78 is 1.16. The minimum absolute atomic E-state index is 0.712. The van der Waals surface area contributed by atoms with Gasteiger partial charge in [-0.3, -0.25) is 0 Å². The maximum Gasteiger partial charge on any atom is 0.0235 e. The molecule has 1 saturated heterocycles. The number of rotatable bonds is 4. The zero-order chi connectivity index (χ0) is 11.4. The molecule has 0 aromatic heterocycles. The number of hydrogen-bond acceptors (Lipinski definition) is 1. The van der Waals surface area contributed by atoms with Crippen molar-refractivity contribution in [3.05, 3.63) is 34.3 Å².